The molecule has 0 saturated heterocycles. The highest BCUT2D eigenvalue weighted by Gasteiger charge is 2.13. The molecule has 0 radical (unpaired) electrons. The molecule has 0 bridgehead atoms. The lowest BCUT2D eigenvalue weighted by atomic mass is 10.9. The Morgan fingerprint density at radius 3 is 2.50 bits per heavy atom. The molecule has 1 rings (SSSR count). The molecule has 2 N–H and O–H groups in total. The lowest BCUT2D eigenvalue weighted by Crippen LogP contribution is -1.99. The summed E-state index contributed by atoms with van der Waals surface area (Å²) >= 11 is 0. The number of nitrogens with one attached hydrogen (secondary N) is 1. The van der Waals surface area contributed by atoms with Crippen molar-refractivity contribution in [1.29, 1.82) is 0 Å². The SMILES string of the molecule is O=S(=O)(O)c1ncc(F)[nH]1. The van der Waals surface area contributed by atoms with Gasteiger partial charge in [0.1, 0.15) is 0 Å². The summed E-state index contributed by atoms with van der Waals surface area (Å²) in [5.41, 5.74) is 0. The zero-order valence-electron chi connectivity index (χ0n) is 4.57. The summed E-state index contributed by atoms with van der Waals surface area (Å²) in [5, 5.41) is -0.787. The molecular formula is C3H3FN2O3S. The number of hydrogen-bond acceptors (Lipinski definition) is 3. The van der Waals surface area contributed by atoms with Gasteiger partial charge in [0.05, 0.1) is 6.20 Å². The summed E-state index contributed by atoms with van der Waals surface area (Å²) in [7, 11) is -4.39. The average molecular weight is 166 g/mol. The van der Waals surface area contributed by atoms with Crippen molar-refractivity contribution >= 4 is 10.1 Å². The highest BCUT2D eigenvalue weighted by atomic mass is 32.2. The maximum atomic E-state index is 12.0. The summed E-state index contributed by atoms with van der Waals surface area (Å²) in [5.74, 6) is -0.910. The summed E-state index contributed by atoms with van der Waals surface area (Å²) in [4.78, 5) is 4.72. The Morgan fingerprint density at radius 2 is 2.30 bits per heavy atom. The highest BCUT2D eigenvalue weighted by molar-refractivity contribution is 7.85. The Balaban J connectivity index is 3.21. The molecule has 7 heteroatoms. The van der Waals surface area contributed by atoms with Gasteiger partial charge in [-0.15, -0.1) is 0 Å². The molecule has 1 heterocycles. The predicted octanol–water partition coefficient (Wildman–Crippen LogP) is -0.204. The van der Waals surface area contributed by atoms with E-state index in [0.29, 0.717) is 6.20 Å². The maximum Gasteiger partial charge on any atom is 0.328 e. The Labute approximate surface area is 55.7 Å². The van der Waals surface area contributed by atoms with E-state index >= 15 is 0 Å². The number of hydrogen-bond donors (Lipinski definition) is 2. The summed E-state index contributed by atoms with van der Waals surface area (Å²) < 4.78 is 40.5. The van der Waals surface area contributed by atoms with Crippen molar-refractivity contribution in [2.75, 3.05) is 0 Å². The zero-order valence-corrected chi connectivity index (χ0v) is 5.39. The Hall–Kier alpha value is -0.950. The molecule has 0 amide bonds. The van der Waals surface area contributed by atoms with E-state index in [1.807, 2.05) is 0 Å². The van der Waals surface area contributed by atoms with Crippen LogP contribution in [-0.4, -0.2) is 22.9 Å². The van der Waals surface area contributed by atoms with Gasteiger partial charge in [-0.3, -0.25) is 4.55 Å². The molecule has 56 valence electrons. The quantitative estimate of drug-likeness (QED) is 0.565. The number of aromatic nitrogens is 2. The third-order valence-electron chi connectivity index (χ3n) is 0.766. The second-order valence-electron chi connectivity index (χ2n) is 1.51. The third-order valence-corrected chi connectivity index (χ3v) is 1.46. The number of H-pyrrole nitrogens is 1. The Kier molecular flexibility index (Phi) is 1.45. The minimum absolute atomic E-state index is 0.656. The second-order valence-corrected chi connectivity index (χ2v) is 2.85. The first-order chi connectivity index (χ1) is 4.50. The largest absolute Gasteiger partial charge is 0.328 e. The molecule has 0 aromatic carbocycles. The standard InChI is InChI=1S/C3H3FN2O3S/c4-2-1-5-3(6-2)10(7,8)9/h1H,(H,5,6)(H,7,8,9). The minimum atomic E-state index is -4.39. The number of imidazole rings is 1. The van der Waals surface area contributed by atoms with Crippen LogP contribution in [0.4, 0.5) is 4.39 Å². The maximum absolute atomic E-state index is 12.0. The fraction of sp³-hybridized carbons (Fsp3) is 0. The van der Waals surface area contributed by atoms with E-state index in [2.05, 4.69) is 4.98 Å². The van der Waals surface area contributed by atoms with Crippen molar-refractivity contribution in [3.05, 3.63) is 12.1 Å². The second kappa shape index (κ2) is 2.03. The molecule has 0 aliphatic heterocycles. The number of rotatable bonds is 1. The van der Waals surface area contributed by atoms with Crippen LogP contribution in [0.2, 0.25) is 0 Å². The van der Waals surface area contributed by atoms with Crippen LogP contribution in [0.1, 0.15) is 0 Å². The van der Waals surface area contributed by atoms with Crippen molar-refractivity contribution in [1.82, 2.24) is 9.97 Å². The van der Waals surface area contributed by atoms with Crippen molar-refractivity contribution in [2.24, 2.45) is 0 Å². The predicted molar refractivity (Wildman–Crippen MR) is 28.4 cm³/mol. The van der Waals surface area contributed by atoms with Crippen LogP contribution in [0.3, 0.4) is 0 Å². The van der Waals surface area contributed by atoms with Crippen LogP contribution < -0.4 is 0 Å². The van der Waals surface area contributed by atoms with Gasteiger partial charge in [-0.25, -0.2) is 4.98 Å². The van der Waals surface area contributed by atoms with E-state index in [1.54, 1.807) is 4.98 Å². The van der Waals surface area contributed by atoms with E-state index in [4.69, 9.17) is 4.55 Å². The van der Waals surface area contributed by atoms with E-state index in [9.17, 15) is 12.8 Å². The lowest BCUT2D eigenvalue weighted by Gasteiger charge is -1.85. The van der Waals surface area contributed by atoms with Crippen LogP contribution in [-0.2, 0) is 10.1 Å². The Morgan fingerprint density at radius 1 is 1.70 bits per heavy atom. The van der Waals surface area contributed by atoms with Gasteiger partial charge < -0.3 is 4.98 Å². The first-order valence-electron chi connectivity index (χ1n) is 2.18. The van der Waals surface area contributed by atoms with Crippen LogP contribution in [0.25, 0.3) is 0 Å². The lowest BCUT2D eigenvalue weighted by molar-refractivity contribution is 0.473. The van der Waals surface area contributed by atoms with Crippen LogP contribution >= 0.6 is 0 Å². The molecule has 0 spiro atoms. The molecule has 0 aliphatic rings. The van der Waals surface area contributed by atoms with Crippen molar-refractivity contribution in [3.8, 4) is 0 Å². The van der Waals surface area contributed by atoms with Gasteiger partial charge in [-0.05, 0) is 0 Å². The fourth-order valence-corrected chi connectivity index (χ4v) is 0.825. The van der Waals surface area contributed by atoms with Crippen LogP contribution in [0, 0.1) is 5.95 Å². The summed E-state index contributed by atoms with van der Waals surface area (Å²) in [6, 6.07) is 0. The van der Waals surface area contributed by atoms with Gasteiger partial charge in [0.2, 0.25) is 5.95 Å². The summed E-state index contributed by atoms with van der Waals surface area (Å²) in [6.07, 6.45) is 0.656. The van der Waals surface area contributed by atoms with E-state index in [1.165, 1.54) is 0 Å². The van der Waals surface area contributed by atoms with Gasteiger partial charge in [0, 0.05) is 0 Å². The van der Waals surface area contributed by atoms with Crippen molar-refractivity contribution in [3.63, 3.8) is 0 Å². The monoisotopic (exact) mass is 166 g/mol. The van der Waals surface area contributed by atoms with Gasteiger partial charge in [-0.1, -0.05) is 0 Å². The molecule has 0 fully saturated rings. The fourth-order valence-electron chi connectivity index (χ4n) is 0.413. The van der Waals surface area contributed by atoms with Gasteiger partial charge in [0.25, 0.3) is 5.16 Å². The van der Waals surface area contributed by atoms with Gasteiger partial charge in [0.15, 0.2) is 0 Å². The average Bonchev–Trinajstić information content (AvgIpc) is 2.11. The van der Waals surface area contributed by atoms with Crippen molar-refractivity contribution < 1.29 is 17.4 Å². The van der Waals surface area contributed by atoms with E-state index in [-0.39, 0.29) is 0 Å². The van der Waals surface area contributed by atoms with Crippen LogP contribution in [0.15, 0.2) is 11.4 Å². The molecule has 0 saturated carbocycles. The third kappa shape index (κ3) is 1.31. The number of halogens is 1. The van der Waals surface area contributed by atoms with Crippen LogP contribution in [0.5, 0.6) is 0 Å². The van der Waals surface area contributed by atoms with E-state index in [0.717, 1.165) is 0 Å². The molecular weight excluding hydrogens is 163 g/mol. The Bertz CT molecular complexity index is 329. The van der Waals surface area contributed by atoms with E-state index < -0.39 is 21.2 Å². The molecule has 10 heavy (non-hydrogen) atoms. The molecule has 0 unspecified atom stereocenters. The van der Waals surface area contributed by atoms with Gasteiger partial charge in [-0.2, -0.15) is 12.8 Å². The first-order valence-corrected chi connectivity index (χ1v) is 3.62. The molecule has 1 aromatic heterocycles. The first kappa shape index (κ1) is 7.16. The minimum Gasteiger partial charge on any atom is -0.304 e. The number of nitrogens with zero attached hydrogens (tertiary/aromatic N) is 1. The molecule has 0 atom stereocenters. The summed E-state index contributed by atoms with van der Waals surface area (Å²) in [6.45, 7) is 0. The molecule has 5 nitrogen and oxygen atoms in total. The molecule has 0 aliphatic carbocycles. The normalized spacial score (nSPS) is 11.8. The topological polar surface area (TPSA) is 83.1 Å². The van der Waals surface area contributed by atoms with Gasteiger partial charge >= 0.3 is 10.1 Å². The van der Waals surface area contributed by atoms with Crippen molar-refractivity contribution in [2.45, 2.75) is 5.16 Å². The molecule has 1 aromatic rings. The number of aromatic amines is 1. The zero-order chi connectivity index (χ0) is 7.78. The smallest absolute Gasteiger partial charge is 0.304 e. The highest BCUT2D eigenvalue weighted by Crippen LogP contribution is 2.00.